The van der Waals surface area contributed by atoms with Crippen LogP contribution in [0.4, 0.5) is 4.39 Å². The van der Waals surface area contributed by atoms with Crippen LogP contribution >= 0.6 is 38.9 Å². The molecule has 0 aliphatic heterocycles. The zero-order chi connectivity index (χ0) is 12.6. The summed E-state index contributed by atoms with van der Waals surface area (Å²) in [6.45, 7) is 1.71. The Bertz CT molecular complexity index is 575. The molecule has 0 spiro atoms. The minimum absolute atomic E-state index is 0.139. The summed E-state index contributed by atoms with van der Waals surface area (Å²) in [4.78, 5) is 12.7. The lowest BCUT2D eigenvalue weighted by Gasteiger charge is -2.02. The standard InChI is InChI=1S/C12H7BrClFOS/c1-6-4-7(15)2-3-8(6)11(16)10-5-9(13)12(14)17-10/h2-5H,1H3. The van der Waals surface area contributed by atoms with Crippen molar-refractivity contribution in [3.05, 3.63) is 54.9 Å². The van der Waals surface area contributed by atoms with Gasteiger partial charge >= 0.3 is 0 Å². The van der Waals surface area contributed by atoms with E-state index in [-0.39, 0.29) is 11.6 Å². The molecule has 1 nitrogen and oxygen atoms in total. The van der Waals surface area contributed by atoms with Crippen LogP contribution in [-0.4, -0.2) is 5.78 Å². The van der Waals surface area contributed by atoms with E-state index in [1.165, 1.54) is 29.5 Å². The summed E-state index contributed by atoms with van der Waals surface area (Å²) in [5.41, 5.74) is 1.12. The number of thiophene rings is 1. The molecule has 0 saturated heterocycles. The van der Waals surface area contributed by atoms with Gasteiger partial charge in [-0.25, -0.2) is 4.39 Å². The molecule has 0 unspecified atom stereocenters. The lowest BCUT2D eigenvalue weighted by molar-refractivity contribution is 0.104. The van der Waals surface area contributed by atoms with Gasteiger partial charge in [0.15, 0.2) is 0 Å². The Labute approximate surface area is 115 Å². The Morgan fingerprint density at radius 3 is 2.65 bits per heavy atom. The molecule has 0 aliphatic rings. The number of rotatable bonds is 2. The average molecular weight is 334 g/mol. The second-order valence-electron chi connectivity index (χ2n) is 3.52. The minimum atomic E-state index is -0.343. The topological polar surface area (TPSA) is 17.1 Å². The van der Waals surface area contributed by atoms with Crippen molar-refractivity contribution in [2.45, 2.75) is 6.92 Å². The molecule has 1 heterocycles. The van der Waals surface area contributed by atoms with Crippen molar-refractivity contribution in [3.8, 4) is 0 Å². The van der Waals surface area contributed by atoms with Gasteiger partial charge in [-0.05, 0) is 52.7 Å². The van der Waals surface area contributed by atoms with Crippen LogP contribution in [0.5, 0.6) is 0 Å². The summed E-state index contributed by atoms with van der Waals surface area (Å²) in [7, 11) is 0. The Morgan fingerprint density at radius 2 is 2.12 bits per heavy atom. The maximum absolute atomic E-state index is 12.9. The molecule has 0 fully saturated rings. The van der Waals surface area contributed by atoms with Crippen LogP contribution in [0.25, 0.3) is 0 Å². The molecule has 1 aromatic heterocycles. The number of carbonyl (C=O) groups excluding carboxylic acids is 1. The number of benzene rings is 1. The highest BCUT2D eigenvalue weighted by Crippen LogP contribution is 2.33. The van der Waals surface area contributed by atoms with E-state index in [0.29, 0.717) is 24.8 Å². The first kappa shape index (κ1) is 12.7. The van der Waals surface area contributed by atoms with Gasteiger partial charge in [-0.15, -0.1) is 11.3 Å². The molecule has 2 rings (SSSR count). The lowest BCUT2D eigenvalue weighted by atomic mass is 10.0. The molecule has 0 aliphatic carbocycles. The van der Waals surface area contributed by atoms with Crippen LogP contribution in [0.3, 0.4) is 0 Å². The maximum atomic E-state index is 12.9. The lowest BCUT2D eigenvalue weighted by Crippen LogP contribution is -2.01. The predicted molar refractivity (Wildman–Crippen MR) is 71.6 cm³/mol. The highest BCUT2D eigenvalue weighted by molar-refractivity contribution is 9.10. The minimum Gasteiger partial charge on any atom is -0.288 e. The molecular weight excluding hydrogens is 327 g/mol. The van der Waals surface area contributed by atoms with Crippen molar-refractivity contribution in [1.82, 2.24) is 0 Å². The Balaban J connectivity index is 2.43. The van der Waals surface area contributed by atoms with Crippen molar-refractivity contribution in [1.29, 1.82) is 0 Å². The van der Waals surface area contributed by atoms with E-state index < -0.39 is 0 Å². The molecule has 5 heteroatoms. The number of hydrogen-bond acceptors (Lipinski definition) is 2. The van der Waals surface area contributed by atoms with Crippen LogP contribution in [0.2, 0.25) is 4.34 Å². The third kappa shape index (κ3) is 2.59. The summed E-state index contributed by atoms with van der Waals surface area (Å²) in [6, 6.07) is 5.80. The van der Waals surface area contributed by atoms with Gasteiger partial charge in [0.2, 0.25) is 5.78 Å². The summed E-state index contributed by atoms with van der Waals surface area (Å²) >= 11 is 10.3. The second kappa shape index (κ2) is 4.88. The van der Waals surface area contributed by atoms with Crippen molar-refractivity contribution in [3.63, 3.8) is 0 Å². The summed E-state index contributed by atoms with van der Waals surface area (Å²) in [5, 5.41) is 0. The molecule has 1 aromatic carbocycles. The van der Waals surface area contributed by atoms with Crippen LogP contribution in [0, 0.1) is 12.7 Å². The van der Waals surface area contributed by atoms with E-state index in [2.05, 4.69) is 15.9 Å². The third-order valence-corrected chi connectivity index (χ3v) is 4.78. The first-order chi connectivity index (χ1) is 7.99. The van der Waals surface area contributed by atoms with Crippen molar-refractivity contribution >= 4 is 44.7 Å². The predicted octanol–water partition coefficient (Wildman–Crippen LogP) is 4.84. The number of ketones is 1. The zero-order valence-electron chi connectivity index (χ0n) is 8.76. The van der Waals surface area contributed by atoms with Gasteiger partial charge in [0, 0.05) is 10.0 Å². The molecular formula is C12H7BrClFOS. The van der Waals surface area contributed by atoms with Gasteiger partial charge in [0.25, 0.3) is 0 Å². The fourth-order valence-electron chi connectivity index (χ4n) is 1.47. The SMILES string of the molecule is Cc1cc(F)ccc1C(=O)c1cc(Br)c(Cl)s1. The van der Waals surface area contributed by atoms with Gasteiger partial charge < -0.3 is 0 Å². The van der Waals surface area contributed by atoms with E-state index in [1.807, 2.05) is 0 Å². The molecule has 0 atom stereocenters. The maximum Gasteiger partial charge on any atom is 0.203 e. The summed E-state index contributed by atoms with van der Waals surface area (Å²) < 4.78 is 14.2. The van der Waals surface area contributed by atoms with Gasteiger partial charge in [0.1, 0.15) is 10.2 Å². The highest BCUT2D eigenvalue weighted by atomic mass is 79.9. The van der Waals surface area contributed by atoms with Gasteiger partial charge in [-0.3, -0.25) is 4.79 Å². The molecule has 0 radical (unpaired) electrons. The van der Waals surface area contributed by atoms with E-state index in [1.54, 1.807) is 13.0 Å². The zero-order valence-corrected chi connectivity index (χ0v) is 11.9. The Morgan fingerprint density at radius 1 is 1.41 bits per heavy atom. The fourth-order valence-corrected chi connectivity index (χ4v) is 3.13. The van der Waals surface area contributed by atoms with Crippen LogP contribution in [0.1, 0.15) is 20.8 Å². The summed E-state index contributed by atoms with van der Waals surface area (Å²) in [5.74, 6) is -0.482. The van der Waals surface area contributed by atoms with E-state index >= 15 is 0 Å². The van der Waals surface area contributed by atoms with Gasteiger partial charge in [0.05, 0.1) is 4.88 Å². The highest BCUT2D eigenvalue weighted by Gasteiger charge is 2.16. The van der Waals surface area contributed by atoms with Crippen LogP contribution in [0.15, 0.2) is 28.7 Å². The molecule has 0 saturated carbocycles. The normalized spacial score (nSPS) is 10.6. The second-order valence-corrected chi connectivity index (χ2v) is 6.03. The molecule has 0 amide bonds. The van der Waals surface area contributed by atoms with Gasteiger partial charge in [-0.1, -0.05) is 11.6 Å². The Kier molecular flexibility index (Phi) is 3.66. The van der Waals surface area contributed by atoms with E-state index in [9.17, 15) is 9.18 Å². The largest absolute Gasteiger partial charge is 0.288 e. The van der Waals surface area contributed by atoms with E-state index in [0.717, 1.165) is 0 Å². The summed E-state index contributed by atoms with van der Waals surface area (Å²) in [6.07, 6.45) is 0. The Hall–Kier alpha value is -0.710. The molecule has 0 bridgehead atoms. The monoisotopic (exact) mass is 332 g/mol. The average Bonchev–Trinajstić information content (AvgIpc) is 2.58. The third-order valence-electron chi connectivity index (χ3n) is 2.30. The van der Waals surface area contributed by atoms with Crippen molar-refractivity contribution in [2.24, 2.45) is 0 Å². The van der Waals surface area contributed by atoms with Gasteiger partial charge in [-0.2, -0.15) is 0 Å². The molecule has 88 valence electrons. The first-order valence-electron chi connectivity index (χ1n) is 4.74. The molecule has 17 heavy (non-hydrogen) atoms. The van der Waals surface area contributed by atoms with Crippen LogP contribution < -0.4 is 0 Å². The number of carbonyl (C=O) groups is 1. The first-order valence-corrected chi connectivity index (χ1v) is 6.73. The fraction of sp³-hybridized carbons (Fsp3) is 0.0833. The number of halogens is 3. The molecule has 0 N–H and O–H groups in total. The van der Waals surface area contributed by atoms with E-state index in [4.69, 9.17) is 11.6 Å². The van der Waals surface area contributed by atoms with Crippen molar-refractivity contribution < 1.29 is 9.18 Å². The van der Waals surface area contributed by atoms with Crippen molar-refractivity contribution in [2.75, 3.05) is 0 Å². The van der Waals surface area contributed by atoms with Crippen LogP contribution in [-0.2, 0) is 0 Å². The molecule has 2 aromatic rings. The number of aryl methyl sites for hydroxylation is 1. The quantitative estimate of drug-likeness (QED) is 0.719. The number of hydrogen-bond donors (Lipinski definition) is 0. The smallest absolute Gasteiger partial charge is 0.203 e.